The minimum Gasteiger partial charge on any atom is -0.496 e. The average Bonchev–Trinajstić information content (AvgIpc) is 2.83. The smallest absolute Gasteiger partial charge is 0.255 e. The van der Waals surface area contributed by atoms with Crippen molar-refractivity contribution in [2.45, 2.75) is 51.0 Å². The molecule has 2 aliphatic rings. The largest absolute Gasteiger partial charge is 0.496 e. The standard InChI is InChI=1S/C26H35N3O2/c1-31-24-15-6-5-13-22(24)26(30)28-25(23-14-7-8-16-27-23)21-12-9-17-29(19-21)18-20-10-3-2-4-11-20/h5-8,13-16,20-21,25H,2-4,9-12,17-19H2,1H3,(H,28,30). The summed E-state index contributed by atoms with van der Waals surface area (Å²) in [7, 11) is 1.60. The molecule has 2 heterocycles. The summed E-state index contributed by atoms with van der Waals surface area (Å²) < 4.78 is 5.42. The highest BCUT2D eigenvalue weighted by atomic mass is 16.5. The third-order valence-electron chi connectivity index (χ3n) is 6.90. The lowest BCUT2D eigenvalue weighted by Crippen LogP contribution is -2.44. The van der Waals surface area contributed by atoms with E-state index in [0.29, 0.717) is 17.2 Å². The van der Waals surface area contributed by atoms with Crippen molar-refractivity contribution in [1.29, 1.82) is 0 Å². The van der Waals surface area contributed by atoms with Crippen LogP contribution in [0.2, 0.25) is 0 Å². The van der Waals surface area contributed by atoms with E-state index < -0.39 is 0 Å². The molecule has 1 saturated carbocycles. The molecule has 166 valence electrons. The van der Waals surface area contributed by atoms with Crippen molar-refractivity contribution >= 4 is 5.91 Å². The van der Waals surface area contributed by atoms with Crippen LogP contribution in [0.5, 0.6) is 5.75 Å². The van der Waals surface area contributed by atoms with Gasteiger partial charge in [-0.25, -0.2) is 0 Å². The van der Waals surface area contributed by atoms with Crippen LogP contribution in [-0.4, -0.2) is 42.5 Å². The van der Waals surface area contributed by atoms with E-state index in [1.54, 1.807) is 7.11 Å². The van der Waals surface area contributed by atoms with E-state index in [9.17, 15) is 4.79 Å². The molecule has 0 spiro atoms. The number of amides is 1. The number of hydrogen-bond donors (Lipinski definition) is 1. The third-order valence-corrected chi connectivity index (χ3v) is 6.90. The molecule has 2 atom stereocenters. The van der Waals surface area contributed by atoms with E-state index in [1.165, 1.54) is 51.6 Å². The Morgan fingerprint density at radius 3 is 2.68 bits per heavy atom. The van der Waals surface area contributed by atoms with E-state index in [-0.39, 0.29) is 11.9 Å². The number of hydrogen-bond acceptors (Lipinski definition) is 4. The van der Waals surface area contributed by atoms with Crippen molar-refractivity contribution in [2.24, 2.45) is 11.8 Å². The molecule has 1 aliphatic carbocycles. The fourth-order valence-corrected chi connectivity index (χ4v) is 5.31. The number of methoxy groups -OCH3 is 1. The molecule has 5 nitrogen and oxygen atoms in total. The van der Waals surface area contributed by atoms with Gasteiger partial charge >= 0.3 is 0 Å². The highest BCUT2D eigenvalue weighted by Gasteiger charge is 2.32. The molecule has 2 aromatic rings. The summed E-state index contributed by atoms with van der Waals surface area (Å²) in [5.74, 6) is 1.69. The van der Waals surface area contributed by atoms with Crippen molar-refractivity contribution in [3.8, 4) is 5.75 Å². The Bertz CT molecular complexity index is 836. The molecule has 1 aromatic carbocycles. The number of para-hydroxylation sites is 1. The minimum absolute atomic E-state index is 0.0995. The van der Waals surface area contributed by atoms with Crippen LogP contribution in [0.3, 0.4) is 0 Å². The van der Waals surface area contributed by atoms with Crippen molar-refractivity contribution in [1.82, 2.24) is 15.2 Å². The van der Waals surface area contributed by atoms with E-state index in [2.05, 4.69) is 15.2 Å². The molecule has 0 radical (unpaired) electrons. The third kappa shape index (κ3) is 5.65. The number of likely N-dealkylation sites (tertiary alicyclic amines) is 1. The van der Waals surface area contributed by atoms with Gasteiger partial charge in [-0.2, -0.15) is 0 Å². The zero-order valence-electron chi connectivity index (χ0n) is 18.6. The summed E-state index contributed by atoms with van der Waals surface area (Å²) in [6.45, 7) is 3.39. The first kappa shape index (κ1) is 21.8. The topological polar surface area (TPSA) is 54.5 Å². The monoisotopic (exact) mass is 421 g/mol. The Hall–Kier alpha value is -2.40. The first-order valence-corrected chi connectivity index (χ1v) is 11.8. The normalized spacial score (nSPS) is 21.4. The van der Waals surface area contributed by atoms with Gasteiger partial charge in [-0.15, -0.1) is 0 Å². The van der Waals surface area contributed by atoms with Gasteiger partial charge in [-0.05, 0) is 68.3 Å². The first-order valence-electron chi connectivity index (χ1n) is 11.8. The zero-order valence-corrected chi connectivity index (χ0v) is 18.6. The molecule has 1 aromatic heterocycles. The van der Waals surface area contributed by atoms with Gasteiger partial charge in [0, 0.05) is 19.3 Å². The van der Waals surface area contributed by atoms with Crippen LogP contribution in [0, 0.1) is 11.8 Å². The number of benzene rings is 1. The van der Waals surface area contributed by atoms with Crippen LogP contribution in [0.25, 0.3) is 0 Å². The lowest BCUT2D eigenvalue weighted by molar-refractivity contribution is 0.0853. The summed E-state index contributed by atoms with van der Waals surface area (Å²) >= 11 is 0. The summed E-state index contributed by atoms with van der Waals surface area (Å²) in [4.78, 5) is 20.5. The van der Waals surface area contributed by atoms with Gasteiger partial charge in [-0.1, -0.05) is 37.5 Å². The number of ether oxygens (including phenoxy) is 1. The van der Waals surface area contributed by atoms with Crippen LogP contribution in [0.4, 0.5) is 0 Å². The lowest BCUT2D eigenvalue weighted by Gasteiger charge is -2.39. The summed E-state index contributed by atoms with van der Waals surface area (Å²) in [6.07, 6.45) is 11.0. The van der Waals surface area contributed by atoms with Crippen LogP contribution in [-0.2, 0) is 0 Å². The number of carbonyl (C=O) groups excluding carboxylic acids is 1. The van der Waals surface area contributed by atoms with Crippen molar-refractivity contribution < 1.29 is 9.53 Å². The number of nitrogens with zero attached hydrogens (tertiary/aromatic N) is 2. The van der Waals surface area contributed by atoms with Crippen LogP contribution in [0.15, 0.2) is 48.7 Å². The van der Waals surface area contributed by atoms with Crippen LogP contribution in [0.1, 0.15) is 67.0 Å². The molecular weight excluding hydrogens is 386 g/mol. The first-order chi connectivity index (χ1) is 15.2. The number of aromatic nitrogens is 1. The SMILES string of the molecule is COc1ccccc1C(=O)NC(c1ccccn1)C1CCCN(CC2CCCCC2)C1. The summed E-state index contributed by atoms with van der Waals surface area (Å²) in [5.41, 5.74) is 1.51. The molecule has 5 heteroatoms. The predicted octanol–water partition coefficient (Wildman–Crippen LogP) is 4.85. The molecular formula is C26H35N3O2. The van der Waals surface area contributed by atoms with Gasteiger partial charge in [0.15, 0.2) is 0 Å². The van der Waals surface area contributed by atoms with E-state index in [0.717, 1.165) is 24.6 Å². The number of carbonyl (C=O) groups is 1. The highest BCUT2D eigenvalue weighted by molar-refractivity contribution is 5.97. The second-order valence-corrected chi connectivity index (χ2v) is 9.07. The molecule has 1 amide bonds. The number of piperidine rings is 1. The van der Waals surface area contributed by atoms with Gasteiger partial charge in [0.2, 0.25) is 0 Å². The molecule has 2 unspecified atom stereocenters. The Labute approximate surface area is 186 Å². The minimum atomic E-state index is -0.104. The molecule has 0 bridgehead atoms. The molecule has 1 N–H and O–H groups in total. The van der Waals surface area contributed by atoms with E-state index in [1.807, 2.05) is 48.7 Å². The Kier molecular flexibility index (Phi) is 7.57. The molecule has 1 saturated heterocycles. The van der Waals surface area contributed by atoms with E-state index >= 15 is 0 Å². The van der Waals surface area contributed by atoms with Gasteiger partial charge in [-0.3, -0.25) is 9.78 Å². The Morgan fingerprint density at radius 2 is 1.90 bits per heavy atom. The highest BCUT2D eigenvalue weighted by Crippen LogP contribution is 2.32. The van der Waals surface area contributed by atoms with Crippen LogP contribution < -0.4 is 10.1 Å². The average molecular weight is 422 g/mol. The fraction of sp³-hybridized carbons (Fsp3) is 0.538. The van der Waals surface area contributed by atoms with Crippen molar-refractivity contribution in [2.75, 3.05) is 26.7 Å². The van der Waals surface area contributed by atoms with Gasteiger partial charge in [0.05, 0.1) is 24.4 Å². The number of nitrogens with one attached hydrogen (secondary N) is 1. The van der Waals surface area contributed by atoms with Crippen molar-refractivity contribution in [3.05, 3.63) is 59.9 Å². The van der Waals surface area contributed by atoms with Gasteiger partial charge in [0.1, 0.15) is 5.75 Å². The number of rotatable bonds is 7. The van der Waals surface area contributed by atoms with E-state index in [4.69, 9.17) is 4.74 Å². The maximum atomic E-state index is 13.2. The number of pyridine rings is 1. The summed E-state index contributed by atoms with van der Waals surface area (Å²) in [6, 6.07) is 13.3. The molecule has 4 rings (SSSR count). The predicted molar refractivity (Wildman–Crippen MR) is 123 cm³/mol. The van der Waals surface area contributed by atoms with Gasteiger partial charge < -0.3 is 15.0 Å². The Balaban J connectivity index is 1.50. The molecule has 31 heavy (non-hydrogen) atoms. The molecule has 2 fully saturated rings. The maximum Gasteiger partial charge on any atom is 0.255 e. The second kappa shape index (κ2) is 10.8. The second-order valence-electron chi connectivity index (χ2n) is 9.07. The maximum absolute atomic E-state index is 13.2. The summed E-state index contributed by atoms with van der Waals surface area (Å²) in [5, 5.41) is 3.31. The van der Waals surface area contributed by atoms with Gasteiger partial charge in [0.25, 0.3) is 5.91 Å². The zero-order chi connectivity index (χ0) is 21.5. The quantitative estimate of drug-likeness (QED) is 0.694. The fourth-order valence-electron chi connectivity index (χ4n) is 5.31. The molecule has 1 aliphatic heterocycles. The van der Waals surface area contributed by atoms with Crippen LogP contribution >= 0.6 is 0 Å². The lowest BCUT2D eigenvalue weighted by atomic mass is 9.85. The van der Waals surface area contributed by atoms with Crippen molar-refractivity contribution in [3.63, 3.8) is 0 Å². The Morgan fingerprint density at radius 1 is 1.10 bits per heavy atom.